The van der Waals surface area contributed by atoms with Gasteiger partial charge in [-0.2, -0.15) is 0 Å². The van der Waals surface area contributed by atoms with E-state index in [1.165, 1.54) is 30.0 Å². The number of carbonyl (C=O) groups excluding carboxylic acids is 1. The van der Waals surface area contributed by atoms with Crippen LogP contribution in [0.3, 0.4) is 0 Å². The van der Waals surface area contributed by atoms with Crippen molar-refractivity contribution in [3.05, 3.63) is 124 Å². The Labute approximate surface area is 234 Å². The molecule has 9 heteroatoms. The van der Waals surface area contributed by atoms with Gasteiger partial charge in [0.05, 0.1) is 22.6 Å². The first-order chi connectivity index (χ1) is 18.9. The smallest absolute Gasteiger partial charge is 0.289 e. The predicted octanol–water partition coefficient (Wildman–Crippen LogP) is 7.94. The zero-order valence-corrected chi connectivity index (χ0v) is 22.3. The number of methoxy groups -OCH3 is 1. The van der Waals surface area contributed by atoms with Gasteiger partial charge in [0.2, 0.25) is 5.91 Å². The standard InChI is InChI=1S/C30H22ClN3O4S/c1-38-22-13-14-23-24(19-8-4-2-5-9-19)18-28(33-26(23)17-22)39-29(20-10-6-3-7-11-20)30(35)32-21-12-15-25(31)27(16-21)34(36)37/h2-18,29H,1H3,(H,32,35). The first-order valence-corrected chi connectivity index (χ1v) is 13.2. The summed E-state index contributed by atoms with van der Waals surface area (Å²) < 4.78 is 5.43. The molecule has 0 saturated heterocycles. The minimum Gasteiger partial charge on any atom is -0.497 e. The van der Waals surface area contributed by atoms with E-state index in [0.717, 1.165) is 27.6 Å². The van der Waals surface area contributed by atoms with E-state index in [-0.39, 0.29) is 22.3 Å². The van der Waals surface area contributed by atoms with Crippen LogP contribution in [-0.2, 0) is 4.79 Å². The van der Waals surface area contributed by atoms with Crippen LogP contribution < -0.4 is 10.1 Å². The van der Waals surface area contributed by atoms with E-state index >= 15 is 0 Å². The van der Waals surface area contributed by atoms with E-state index in [4.69, 9.17) is 21.3 Å². The number of thioether (sulfide) groups is 1. The number of pyridine rings is 1. The maximum absolute atomic E-state index is 13.6. The Hall–Kier alpha value is -4.40. The lowest BCUT2D eigenvalue weighted by Gasteiger charge is -2.18. The Balaban J connectivity index is 1.56. The van der Waals surface area contributed by atoms with Gasteiger partial charge in [0.25, 0.3) is 5.69 Å². The summed E-state index contributed by atoms with van der Waals surface area (Å²) >= 11 is 7.25. The number of fused-ring (bicyclic) bond motifs is 1. The van der Waals surface area contributed by atoms with Crippen LogP contribution in [0.1, 0.15) is 10.8 Å². The number of nitro groups is 1. The quantitative estimate of drug-likeness (QED) is 0.119. The molecule has 1 aromatic heterocycles. The number of hydrogen-bond donors (Lipinski definition) is 1. The highest BCUT2D eigenvalue weighted by Crippen LogP contribution is 2.40. The third kappa shape index (κ3) is 5.87. The van der Waals surface area contributed by atoms with E-state index < -0.39 is 10.2 Å². The van der Waals surface area contributed by atoms with E-state index in [1.807, 2.05) is 84.9 Å². The Morgan fingerprint density at radius 1 is 0.974 bits per heavy atom. The van der Waals surface area contributed by atoms with Crippen molar-refractivity contribution in [1.29, 1.82) is 0 Å². The number of hydrogen-bond acceptors (Lipinski definition) is 6. The van der Waals surface area contributed by atoms with Crippen molar-refractivity contribution >= 4 is 51.5 Å². The summed E-state index contributed by atoms with van der Waals surface area (Å²) in [6, 6.07) is 31.2. The van der Waals surface area contributed by atoms with Crippen LogP contribution in [0.4, 0.5) is 11.4 Å². The number of aromatic nitrogens is 1. The molecule has 0 spiro atoms. The molecule has 1 amide bonds. The third-order valence-corrected chi connectivity index (χ3v) is 7.56. The average molecular weight is 556 g/mol. The molecule has 1 heterocycles. The molecule has 0 fully saturated rings. The number of ether oxygens (including phenoxy) is 1. The number of halogens is 1. The Bertz CT molecular complexity index is 1670. The van der Waals surface area contributed by atoms with Crippen molar-refractivity contribution in [2.75, 3.05) is 12.4 Å². The lowest BCUT2D eigenvalue weighted by Crippen LogP contribution is -2.19. The zero-order valence-electron chi connectivity index (χ0n) is 20.7. The molecule has 1 unspecified atom stereocenters. The number of amides is 1. The van der Waals surface area contributed by atoms with Crippen LogP contribution in [0.5, 0.6) is 5.75 Å². The number of carbonyl (C=O) groups is 1. The van der Waals surface area contributed by atoms with Gasteiger partial charge in [0.1, 0.15) is 16.0 Å². The number of nitrogens with zero attached hydrogens (tertiary/aromatic N) is 2. The topological polar surface area (TPSA) is 94.4 Å². The summed E-state index contributed by atoms with van der Waals surface area (Å²) in [4.78, 5) is 29.3. The molecule has 5 aromatic rings. The first-order valence-electron chi connectivity index (χ1n) is 11.9. The van der Waals surface area contributed by atoms with Crippen molar-refractivity contribution in [1.82, 2.24) is 4.98 Å². The van der Waals surface area contributed by atoms with E-state index in [9.17, 15) is 14.9 Å². The van der Waals surface area contributed by atoms with Crippen LogP contribution >= 0.6 is 23.4 Å². The molecule has 0 aliphatic rings. The lowest BCUT2D eigenvalue weighted by atomic mass is 10.0. The van der Waals surface area contributed by atoms with Gasteiger partial charge in [-0.1, -0.05) is 84.0 Å². The van der Waals surface area contributed by atoms with Crippen LogP contribution in [0, 0.1) is 10.1 Å². The molecule has 0 aliphatic heterocycles. The molecular formula is C30H22ClN3O4S. The number of nitrogens with one attached hydrogen (secondary N) is 1. The molecule has 5 rings (SSSR count). The van der Waals surface area contributed by atoms with Gasteiger partial charge < -0.3 is 10.1 Å². The SMILES string of the molecule is COc1ccc2c(-c3ccccc3)cc(SC(C(=O)Nc3ccc(Cl)c([N+](=O)[O-])c3)c3ccccc3)nc2c1. The van der Waals surface area contributed by atoms with Crippen molar-refractivity contribution in [3.63, 3.8) is 0 Å². The van der Waals surface area contributed by atoms with Gasteiger partial charge >= 0.3 is 0 Å². The molecule has 39 heavy (non-hydrogen) atoms. The average Bonchev–Trinajstić information content (AvgIpc) is 2.96. The second kappa shape index (κ2) is 11.6. The highest BCUT2D eigenvalue weighted by Gasteiger charge is 2.25. The fraction of sp³-hybridized carbons (Fsp3) is 0.0667. The molecule has 194 valence electrons. The highest BCUT2D eigenvalue weighted by atomic mass is 35.5. The minimum absolute atomic E-state index is 0.00350. The Kier molecular flexibility index (Phi) is 7.76. The minimum atomic E-state index is -0.694. The maximum atomic E-state index is 13.6. The van der Waals surface area contributed by atoms with Gasteiger partial charge in [-0.25, -0.2) is 4.98 Å². The van der Waals surface area contributed by atoms with Crippen molar-refractivity contribution in [3.8, 4) is 16.9 Å². The van der Waals surface area contributed by atoms with Crippen molar-refractivity contribution < 1.29 is 14.5 Å². The monoisotopic (exact) mass is 555 g/mol. The molecule has 0 bridgehead atoms. The molecular weight excluding hydrogens is 534 g/mol. The Morgan fingerprint density at radius 3 is 2.38 bits per heavy atom. The van der Waals surface area contributed by atoms with Crippen LogP contribution in [0.2, 0.25) is 5.02 Å². The van der Waals surface area contributed by atoms with E-state index in [2.05, 4.69) is 5.32 Å². The van der Waals surface area contributed by atoms with E-state index in [1.54, 1.807) is 7.11 Å². The largest absolute Gasteiger partial charge is 0.497 e. The summed E-state index contributed by atoms with van der Waals surface area (Å²) in [6.45, 7) is 0. The van der Waals surface area contributed by atoms with Crippen molar-refractivity contribution in [2.24, 2.45) is 0 Å². The zero-order chi connectivity index (χ0) is 27.4. The fourth-order valence-corrected chi connectivity index (χ4v) is 5.41. The Morgan fingerprint density at radius 2 is 1.69 bits per heavy atom. The molecule has 1 N–H and O–H groups in total. The summed E-state index contributed by atoms with van der Waals surface area (Å²) in [6.07, 6.45) is 0. The van der Waals surface area contributed by atoms with Gasteiger partial charge in [-0.15, -0.1) is 0 Å². The lowest BCUT2D eigenvalue weighted by molar-refractivity contribution is -0.384. The summed E-state index contributed by atoms with van der Waals surface area (Å²) in [5.74, 6) is 0.328. The fourth-order valence-electron chi connectivity index (χ4n) is 4.19. The number of rotatable bonds is 8. The second-order valence-corrected chi connectivity index (χ2v) is 10.1. The van der Waals surface area contributed by atoms with Gasteiger partial charge in [0.15, 0.2) is 0 Å². The number of anilines is 1. The molecule has 4 aromatic carbocycles. The summed E-state index contributed by atoms with van der Waals surface area (Å²) in [7, 11) is 1.61. The van der Waals surface area contributed by atoms with Crippen LogP contribution in [-0.4, -0.2) is 22.9 Å². The van der Waals surface area contributed by atoms with E-state index in [0.29, 0.717) is 10.8 Å². The van der Waals surface area contributed by atoms with Gasteiger partial charge in [-0.3, -0.25) is 14.9 Å². The number of benzene rings is 4. The molecule has 0 saturated carbocycles. The molecule has 7 nitrogen and oxygen atoms in total. The highest BCUT2D eigenvalue weighted by molar-refractivity contribution is 8.00. The van der Waals surface area contributed by atoms with Crippen LogP contribution in [0.25, 0.3) is 22.0 Å². The molecule has 1 atom stereocenters. The summed E-state index contributed by atoms with van der Waals surface area (Å²) in [5.41, 5.74) is 3.49. The normalized spacial score (nSPS) is 11.6. The van der Waals surface area contributed by atoms with Crippen molar-refractivity contribution in [2.45, 2.75) is 10.3 Å². The maximum Gasteiger partial charge on any atom is 0.289 e. The molecule has 0 radical (unpaired) electrons. The first kappa shape index (κ1) is 26.2. The van der Waals surface area contributed by atoms with Gasteiger partial charge in [-0.05, 0) is 47.0 Å². The van der Waals surface area contributed by atoms with Gasteiger partial charge in [0, 0.05) is 23.2 Å². The second-order valence-electron chi connectivity index (χ2n) is 8.58. The third-order valence-electron chi connectivity index (χ3n) is 6.07. The predicted molar refractivity (Wildman–Crippen MR) is 156 cm³/mol. The molecule has 0 aliphatic carbocycles. The summed E-state index contributed by atoms with van der Waals surface area (Å²) in [5, 5.41) is 15.1. The number of nitro benzene ring substituents is 1. The van der Waals surface area contributed by atoms with Crippen LogP contribution in [0.15, 0.2) is 108 Å².